The maximum absolute atomic E-state index is 12.1. The van der Waals surface area contributed by atoms with Crippen LogP contribution in [0.4, 0.5) is 0 Å². The average molecular weight is 460 g/mol. The molecule has 176 valence electrons. The highest BCUT2D eigenvalue weighted by molar-refractivity contribution is 7.47. The van der Waals surface area contributed by atoms with Gasteiger partial charge in [0.05, 0.1) is 6.61 Å². The Balaban J connectivity index is 2.52. The number of likely N-dealkylation sites (N-methyl/N-ethyl adjacent to an activating group) is 1. The van der Waals surface area contributed by atoms with E-state index in [1.54, 1.807) is 19.0 Å². The minimum absolute atomic E-state index is 0.0492. The first-order valence-corrected chi connectivity index (χ1v) is 11.5. The Morgan fingerprint density at radius 3 is 2.42 bits per heavy atom. The summed E-state index contributed by atoms with van der Waals surface area (Å²) in [6, 6.07) is 8.83. The third-order valence-corrected chi connectivity index (χ3v) is 5.05. The van der Waals surface area contributed by atoms with E-state index < -0.39 is 38.5 Å². The van der Waals surface area contributed by atoms with Crippen molar-refractivity contribution >= 4 is 19.8 Å². The highest BCUT2D eigenvalue weighted by Gasteiger charge is 2.29. The van der Waals surface area contributed by atoms with Gasteiger partial charge in [-0.05, 0) is 39.4 Å². The third-order valence-electron chi connectivity index (χ3n) is 3.98. The Morgan fingerprint density at radius 1 is 1.16 bits per heavy atom. The second kappa shape index (κ2) is 14.3. The summed E-state index contributed by atoms with van der Waals surface area (Å²) in [5.74, 6) is -1.21. The third kappa shape index (κ3) is 13.3. The van der Waals surface area contributed by atoms with E-state index in [0.29, 0.717) is 19.4 Å². The Bertz CT molecular complexity index is 714. The highest BCUT2D eigenvalue weighted by Crippen LogP contribution is 2.44. The number of carbonyl (C=O) groups excluding carboxylic acids is 2. The number of aryl methyl sites for hydroxylation is 1. The molecular weight excluding hydrogens is 427 g/mol. The first-order chi connectivity index (χ1) is 14.6. The molecule has 0 spiro atoms. The Labute approximate surface area is 183 Å². The van der Waals surface area contributed by atoms with Crippen molar-refractivity contribution in [2.45, 2.75) is 38.3 Å². The molecule has 3 atom stereocenters. The van der Waals surface area contributed by atoms with Crippen molar-refractivity contribution < 1.29 is 37.6 Å². The first kappa shape index (κ1) is 27.2. The van der Waals surface area contributed by atoms with Gasteiger partial charge in [0.1, 0.15) is 25.4 Å². The lowest BCUT2D eigenvalue weighted by atomic mass is 10.1. The van der Waals surface area contributed by atoms with E-state index in [2.05, 4.69) is 0 Å². The molecule has 1 aromatic carbocycles. The van der Waals surface area contributed by atoms with Gasteiger partial charge in [-0.2, -0.15) is 0 Å². The largest absolute Gasteiger partial charge is 0.472 e. The van der Waals surface area contributed by atoms with Crippen molar-refractivity contribution in [1.82, 2.24) is 4.90 Å². The summed E-state index contributed by atoms with van der Waals surface area (Å²) in [5.41, 5.74) is 6.54. The molecule has 0 fully saturated rings. The minimum Gasteiger partial charge on any atom is -0.463 e. The number of hydrogen-bond donors (Lipinski definition) is 2. The van der Waals surface area contributed by atoms with E-state index in [4.69, 9.17) is 24.3 Å². The number of benzene rings is 1. The van der Waals surface area contributed by atoms with Crippen LogP contribution < -0.4 is 5.73 Å². The van der Waals surface area contributed by atoms with Gasteiger partial charge in [0.15, 0.2) is 0 Å². The molecule has 3 N–H and O–H groups in total. The maximum atomic E-state index is 12.1. The van der Waals surface area contributed by atoms with Gasteiger partial charge in [0.25, 0.3) is 0 Å². The number of rotatable bonds is 15. The molecule has 2 unspecified atom stereocenters. The van der Waals surface area contributed by atoms with Gasteiger partial charge in [-0.3, -0.25) is 18.6 Å². The van der Waals surface area contributed by atoms with E-state index in [-0.39, 0.29) is 19.6 Å². The minimum atomic E-state index is -4.45. The molecule has 1 aromatic rings. The van der Waals surface area contributed by atoms with E-state index in [1.165, 1.54) is 6.92 Å². The number of carbonyl (C=O) groups is 2. The van der Waals surface area contributed by atoms with Crippen LogP contribution in [0.25, 0.3) is 0 Å². The standard InChI is InChI=1S/C20H33N2O8P/c1-16(21)20(24)28-15-18(30-31(25,26)29-13-12-22(2)3)14-27-19(23)11-7-10-17-8-5-4-6-9-17/h4-6,8-9,16,18H,7,10-15,21H2,1-3H3,(H,25,26)/t16-,18?/m1/s1. The van der Waals surface area contributed by atoms with E-state index >= 15 is 0 Å². The van der Waals surface area contributed by atoms with Gasteiger partial charge in [0.2, 0.25) is 0 Å². The molecule has 0 aliphatic carbocycles. The van der Waals surface area contributed by atoms with Gasteiger partial charge in [-0.15, -0.1) is 0 Å². The monoisotopic (exact) mass is 460 g/mol. The molecule has 0 saturated heterocycles. The molecule has 0 amide bonds. The number of esters is 2. The first-order valence-electron chi connectivity index (χ1n) is 10.0. The van der Waals surface area contributed by atoms with Crippen LogP contribution in [0.3, 0.4) is 0 Å². The summed E-state index contributed by atoms with van der Waals surface area (Å²) in [6.07, 6.45) is 0.279. The summed E-state index contributed by atoms with van der Waals surface area (Å²) < 4.78 is 32.2. The number of nitrogens with two attached hydrogens (primary N) is 1. The van der Waals surface area contributed by atoms with Crippen LogP contribution in [0.15, 0.2) is 30.3 Å². The Hall–Kier alpha value is -1.81. The lowest BCUT2D eigenvalue weighted by molar-refractivity contribution is -0.152. The molecule has 0 aliphatic rings. The van der Waals surface area contributed by atoms with Gasteiger partial charge in [0, 0.05) is 13.0 Å². The summed E-state index contributed by atoms with van der Waals surface area (Å²) >= 11 is 0. The van der Waals surface area contributed by atoms with Crippen LogP contribution in [0.5, 0.6) is 0 Å². The van der Waals surface area contributed by atoms with Crippen molar-refractivity contribution in [2.75, 3.05) is 40.5 Å². The fraction of sp³-hybridized carbons (Fsp3) is 0.600. The van der Waals surface area contributed by atoms with Crippen LogP contribution in [0, 0.1) is 0 Å². The average Bonchev–Trinajstić information content (AvgIpc) is 2.69. The normalized spacial score (nSPS) is 15.2. The Morgan fingerprint density at radius 2 is 1.81 bits per heavy atom. The highest BCUT2D eigenvalue weighted by atomic mass is 31.2. The summed E-state index contributed by atoms with van der Waals surface area (Å²) in [6.45, 7) is 0.991. The fourth-order valence-electron chi connectivity index (χ4n) is 2.31. The zero-order valence-electron chi connectivity index (χ0n) is 18.3. The predicted molar refractivity (Wildman–Crippen MR) is 114 cm³/mol. The molecular formula is C20H33N2O8P. The van der Waals surface area contributed by atoms with Crippen molar-refractivity contribution in [3.8, 4) is 0 Å². The van der Waals surface area contributed by atoms with Crippen LogP contribution in [-0.4, -0.2) is 74.3 Å². The Kier molecular flexibility index (Phi) is 12.5. The molecule has 1 rings (SSSR count). The smallest absolute Gasteiger partial charge is 0.463 e. The van der Waals surface area contributed by atoms with Gasteiger partial charge in [-0.1, -0.05) is 30.3 Å². The number of ether oxygens (including phenoxy) is 2. The maximum Gasteiger partial charge on any atom is 0.472 e. The summed E-state index contributed by atoms with van der Waals surface area (Å²) in [7, 11) is -0.895. The molecule has 0 aliphatic heterocycles. The number of nitrogens with zero attached hydrogens (tertiary/aromatic N) is 1. The zero-order chi connectivity index (χ0) is 23.3. The van der Waals surface area contributed by atoms with Crippen molar-refractivity contribution in [3.63, 3.8) is 0 Å². The lowest BCUT2D eigenvalue weighted by Gasteiger charge is -2.21. The number of phosphoric acid groups is 1. The number of phosphoric ester groups is 1. The molecule has 10 nitrogen and oxygen atoms in total. The number of hydrogen-bond acceptors (Lipinski definition) is 9. The molecule has 0 saturated carbocycles. The van der Waals surface area contributed by atoms with Crippen LogP contribution in [-0.2, 0) is 39.1 Å². The molecule has 0 heterocycles. The van der Waals surface area contributed by atoms with E-state index in [9.17, 15) is 19.0 Å². The molecule has 11 heteroatoms. The fourth-order valence-corrected chi connectivity index (χ4v) is 3.18. The SMILES string of the molecule is C[C@@H](N)C(=O)OCC(COC(=O)CCCc1ccccc1)OP(=O)(O)OCCN(C)C. The van der Waals surface area contributed by atoms with E-state index in [0.717, 1.165) is 5.56 Å². The van der Waals surface area contributed by atoms with Crippen LogP contribution in [0.1, 0.15) is 25.3 Å². The second-order valence-electron chi connectivity index (χ2n) is 7.27. The summed E-state index contributed by atoms with van der Waals surface area (Å²) in [5, 5.41) is 0. The van der Waals surface area contributed by atoms with Crippen molar-refractivity contribution in [1.29, 1.82) is 0 Å². The van der Waals surface area contributed by atoms with Gasteiger partial charge >= 0.3 is 19.8 Å². The van der Waals surface area contributed by atoms with Crippen molar-refractivity contribution in [3.05, 3.63) is 35.9 Å². The van der Waals surface area contributed by atoms with Crippen molar-refractivity contribution in [2.24, 2.45) is 5.73 Å². The van der Waals surface area contributed by atoms with Gasteiger partial charge in [-0.25, -0.2) is 4.57 Å². The van der Waals surface area contributed by atoms with Crippen LogP contribution in [0.2, 0.25) is 0 Å². The molecule has 0 bridgehead atoms. The zero-order valence-corrected chi connectivity index (χ0v) is 19.2. The predicted octanol–water partition coefficient (Wildman–Crippen LogP) is 1.51. The van der Waals surface area contributed by atoms with E-state index in [1.807, 2.05) is 30.3 Å². The molecule has 31 heavy (non-hydrogen) atoms. The topological polar surface area (TPSA) is 138 Å². The molecule has 0 aromatic heterocycles. The van der Waals surface area contributed by atoms with Gasteiger partial charge < -0.3 is 25.0 Å². The quantitative estimate of drug-likeness (QED) is 0.293. The molecule has 0 radical (unpaired) electrons. The summed E-state index contributed by atoms with van der Waals surface area (Å²) in [4.78, 5) is 35.3. The second-order valence-corrected chi connectivity index (χ2v) is 8.68. The van der Waals surface area contributed by atoms with Crippen LogP contribution >= 0.6 is 7.82 Å². The lowest BCUT2D eigenvalue weighted by Crippen LogP contribution is -2.34.